The van der Waals surface area contributed by atoms with Crippen LogP contribution in [0, 0.1) is 0 Å². The lowest BCUT2D eigenvalue weighted by atomic mass is 9.99. The molecule has 1 N–H and O–H groups in total. The van der Waals surface area contributed by atoms with Crippen LogP contribution < -0.4 is 4.72 Å². The van der Waals surface area contributed by atoms with E-state index >= 15 is 0 Å². The maximum atomic E-state index is 12.1. The van der Waals surface area contributed by atoms with Gasteiger partial charge in [0.1, 0.15) is 0 Å². The lowest BCUT2D eigenvalue weighted by molar-refractivity contribution is 0.0784. The second-order valence-electron chi connectivity index (χ2n) is 5.70. The van der Waals surface area contributed by atoms with Crippen LogP contribution in [0.1, 0.15) is 32.6 Å². The molecule has 1 aromatic carbocycles. The number of sulfonamides is 1. The van der Waals surface area contributed by atoms with Gasteiger partial charge in [0.05, 0.1) is 5.75 Å². The third-order valence-electron chi connectivity index (χ3n) is 3.86. The minimum absolute atomic E-state index is 0.112. The van der Waals surface area contributed by atoms with Gasteiger partial charge in [0.2, 0.25) is 10.0 Å². The third kappa shape index (κ3) is 5.57. The highest BCUT2D eigenvalue weighted by molar-refractivity contribution is 8.00. The molecule has 0 amide bonds. The lowest BCUT2D eigenvalue weighted by Crippen LogP contribution is -2.44. The molecule has 1 saturated heterocycles. The third-order valence-corrected chi connectivity index (χ3v) is 6.77. The smallest absolute Gasteiger partial charge is 0.211 e. The van der Waals surface area contributed by atoms with E-state index in [1.54, 1.807) is 11.8 Å². The average molecular weight is 344 g/mol. The van der Waals surface area contributed by atoms with Gasteiger partial charge in [0, 0.05) is 29.4 Å². The molecule has 0 unspecified atom stereocenters. The van der Waals surface area contributed by atoms with Gasteiger partial charge in [-0.1, -0.05) is 31.5 Å². The molecule has 0 bridgehead atoms. The molecule has 0 radical (unpaired) electrons. The fourth-order valence-corrected chi connectivity index (χ4v) is 5.15. The zero-order valence-electron chi connectivity index (χ0n) is 13.1. The van der Waals surface area contributed by atoms with Crippen molar-refractivity contribution in [3.8, 4) is 0 Å². The van der Waals surface area contributed by atoms with E-state index in [4.69, 9.17) is 4.74 Å². The SMILES string of the molecule is CCCCS(=O)(=O)NCC1(Sc2ccccc2)CCOCC1. The molecule has 1 fully saturated rings. The number of benzene rings is 1. The number of nitrogens with one attached hydrogen (secondary N) is 1. The first-order valence-corrected chi connectivity index (χ1v) is 10.3. The molecule has 0 saturated carbocycles. The second-order valence-corrected chi connectivity index (χ2v) is 9.17. The van der Waals surface area contributed by atoms with Crippen LogP contribution in [0.2, 0.25) is 0 Å². The van der Waals surface area contributed by atoms with Crippen molar-refractivity contribution in [2.24, 2.45) is 0 Å². The van der Waals surface area contributed by atoms with Crippen LogP contribution in [0.25, 0.3) is 0 Å². The van der Waals surface area contributed by atoms with Gasteiger partial charge in [-0.3, -0.25) is 0 Å². The van der Waals surface area contributed by atoms with Crippen LogP contribution in [-0.4, -0.2) is 38.7 Å². The Balaban J connectivity index is 2.03. The largest absolute Gasteiger partial charge is 0.381 e. The summed E-state index contributed by atoms with van der Waals surface area (Å²) in [5.74, 6) is 0.214. The van der Waals surface area contributed by atoms with Crippen LogP contribution in [0.5, 0.6) is 0 Å². The molecule has 1 aliphatic heterocycles. The first kappa shape index (κ1) is 17.8. The summed E-state index contributed by atoms with van der Waals surface area (Å²) < 4.78 is 32.3. The van der Waals surface area contributed by atoms with E-state index in [-0.39, 0.29) is 10.5 Å². The molecule has 4 nitrogen and oxygen atoms in total. The molecule has 22 heavy (non-hydrogen) atoms. The Morgan fingerprint density at radius 2 is 1.91 bits per heavy atom. The maximum Gasteiger partial charge on any atom is 0.211 e. The van der Waals surface area contributed by atoms with Crippen LogP contribution in [0.3, 0.4) is 0 Å². The number of thioether (sulfide) groups is 1. The molecule has 2 rings (SSSR count). The van der Waals surface area contributed by atoms with Crippen molar-refractivity contribution in [2.45, 2.75) is 42.2 Å². The predicted molar refractivity (Wildman–Crippen MR) is 91.8 cm³/mol. The Bertz CT molecular complexity index is 540. The highest BCUT2D eigenvalue weighted by Crippen LogP contribution is 2.40. The lowest BCUT2D eigenvalue weighted by Gasteiger charge is -2.36. The minimum Gasteiger partial charge on any atom is -0.381 e. The first-order valence-electron chi connectivity index (χ1n) is 7.84. The molecule has 0 aliphatic carbocycles. The second kappa shape index (κ2) is 8.34. The van der Waals surface area contributed by atoms with Crippen LogP contribution >= 0.6 is 11.8 Å². The van der Waals surface area contributed by atoms with Crippen molar-refractivity contribution in [1.29, 1.82) is 0 Å². The van der Waals surface area contributed by atoms with Gasteiger partial charge in [-0.05, 0) is 31.4 Å². The van der Waals surface area contributed by atoms with E-state index in [0.29, 0.717) is 26.2 Å². The van der Waals surface area contributed by atoms with Crippen LogP contribution in [0.15, 0.2) is 35.2 Å². The Morgan fingerprint density at radius 3 is 2.55 bits per heavy atom. The zero-order chi connectivity index (χ0) is 15.9. The summed E-state index contributed by atoms with van der Waals surface area (Å²) >= 11 is 1.77. The molecule has 1 aromatic rings. The van der Waals surface area contributed by atoms with Crippen LogP contribution in [-0.2, 0) is 14.8 Å². The summed E-state index contributed by atoms with van der Waals surface area (Å²) in [5.41, 5.74) is 0. The van der Waals surface area contributed by atoms with Gasteiger partial charge in [-0.2, -0.15) is 0 Å². The van der Waals surface area contributed by atoms with Gasteiger partial charge in [0.15, 0.2) is 0 Å². The van der Waals surface area contributed by atoms with Gasteiger partial charge in [-0.15, -0.1) is 11.8 Å². The number of hydrogen-bond donors (Lipinski definition) is 1. The molecule has 124 valence electrons. The van der Waals surface area contributed by atoms with Crippen molar-refractivity contribution in [3.63, 3.8) is 0 Å². The first-order chi connectivity index (χ1) is 10.6. The molecule has 0 atom stereocenters. The topological polar surface area (TPSA) is 55.4 Å². The summed E-state index contributed by atoms with van der Waals surface area (Å²) in [7, 11) is -3.18. The van der Waals surface area contributed by atoms with E-state index < -0.39 is 10.0 Å². The van der Waals surface area contributed by atoms with Crippen molar-refractivity contribution >= 4 is 21.8 Å². The number of rotatable bonds is 8. The van der Waals surface area contributed by atoms with E-state index in [0.717, 1.165) is 19.3 Å². The fourth-order valence-electron chi connectivity index (χ4n) is 2.44. The maximum absolute atomic E-state index is 12.1. The van der Waals surface area contributed by atoms with Crippen molar-refractivity contribution in [2.75, 3.05) is 25.5 Å². The Kier molecular flexibility index (Phi) is 6.74. The monoisotopic (exact) mass is 343 g/mol. The molecule has 1 aliphatic rings. The highest BCUT2D eigenvalue weighted by atomic mass is 32.2. The number of unbranched alkanes of at least 4 members (excludes halogenated alkanes) is 1. The number of ether oxygens (including phenoxy) is 1. The van der Waals surface area contributed by atoms with E-state index in [2.05, 4.69) is 16.9 Å². The normalized spacial score (nSPS) is 18.2. The molecular formula is C16H25NO3S2. The fraction of sp³-hybridized carbons (Fsp3) is 0.625. The molecule has 6 heteroatoms. The Hall–Kier alpha value is -0.560. The number of hydrogen-bond acceptors (Lipinski definition) is 4. The summed E-state index contributed by atoms with van der Waals surface area (Å²) in [6, 6.07) is 10.2. The minimum atomic E-state index is -3.18. The summed E-state index contributed by atoms with van der Waals surface area (Å²) in [4.78, 5) is 1.18. The van der Waals surface area contributed by atoms with Gasteiger partial charge < -0.3 is 4.74 Å². The summed E-state index contributed by atoms with van der Waals surface area (Å²) in [6.45, 7) is 3.86. The molecule has 0 spiro atoms. The molecular weight excluding hydrogens is 318 g/mol. The van der Waals surface area contributed by atoms with E-state index in [9.17, 15) is 8.42 Å². The standard InChI is InChI=1S/C16H25NO3S2/c1-2-3-13-22(18,19)17-14-16(9-11-20-12-10-16)21-15-7-5-4-6-8-15/h4-8,17H,2-3,9-14H2,1H3. The summed E-state index contributed by atoms with van der Waals surface area (Å²) in [6.07, 6.45) is 3.32. The summed E-state index contributed by atoms with van der Waals surface area (Å²) in [5, 5.41) is 0. The zero-order valence-corrected chi connectivity index (χ0v) is 14.7. The van der Waals surface area contributed by atoms with Gasteiger partial charge >= 0.3 is 0 Å². The Morgan fingerprint density at radius 1 is 1.23 bits per heavy atom. The average Bonchev–Trinajstić information content (AvgIpc) is 2.53. The highest BCUT2D eigenvalue weighted by Gasteiger charge is 2.34. The van der Waals surface area contributed by atoms with E-state index in [1.165, 1.54) is 4.90 Å². The quantitative estimate of drug-likeness (QED) is 0.788. The molecule has 0 aromatic heterocycles. The van der Waals surface area contributed by atoms with Crippen molar-refractivity contribution in [1.82, 2.24) is 4.72 Å². The van der Waals surface area contributed by atoms with Gasteiger partial charge in [-0.25, -0.2) is 13.1 Å². The van der Waals surface area contributed by atoms with Crippen molar-refractivity contribution in [3.05, 3.63) is 30.3 Å². The van der Waals surface area contributed by atoms with Crippen molar-refractivity contribution < 1.29 is 13.2 Å². The molecule has 1 heterocycles. The Labute approximate surface area is 138 Å². The van der Waals surface area contributed by atoms with Gasteiger partial charge in [0.25, 0.3) is 0 Å². The van der Waals surface area contributed by atoms with E-state index in [1.807, 2.05) is 25.1 Å². The van der Waals surface area contributed by atoms with Crippen LogP contribution in [0.4, 0.5) is 0 Å². The predicted octanol–water partition coefficient (Wildman–Crippen LogP) is 3.05.